The molecule has 0 spiro atoms. The van der Waals surface area contributed by atoms with Crippen molar-refractivity contribution in [3.05, 3.63) is 0 Å². The summed E-state index contributed by atoms with van der Waals surface area (Å²) >= 11 is 5.84. The Balaban J connectivity index is 3.14. The lowest BCUT2D eigenvalue weighted by Crippen LogP contribution is -2.06. The first-order valence-corrected chi connectivity index (χ1v) is 5.96. The van der Waals surface area contributed by atoms with E-state index in [-0.39, 0.29) is 11.8 Å². The molecule has 0 saturated heterocycles. The van der Waals surface area contributed by atoms with Crippen molar-refractivity contribution in [2.75, 3.05) is 0 Å². The molecule has 1 unspecified atom stereocenters. The molecule has 0 saturated carbocycles. The van der Waals surface area contributed by atoms with E-state index in [2.05, 4.69) is 6.92 Å². The molecule has 2 nitrogen and oxygen atoms in total. The van der Waals surface area contributed by atoms with Crippen molar-refractivity contribution in [3.8, 4) is 0 Å². The molecule has 0 aromatic rings. The minimum Gasteiger partial charge on any atom is -0.481 e. The van der Waals surface area contributed by atoms with Crippen LogP contribution in [0.25, 0.3) is 0 Å². The van der Waals surface area contributed by atoms with Crippen molar-refractivity contribution in [1.82, 2.24) is 0 Å². The first-order valence-electron chi connectivity index (χ1n) is 5.52. The number of alkyl halides is 1. The van der Waals surface area contributed by atoms with E-state index >= 15 is 0 Å². The van der Waals surface area contributed by atoms with Crippen LogP contribution in [0.2, 0.25) is 0 Å². The highest BCUT2D eigenvalue weighted by atomic mass is 35.5. The van der Waals surface area contributed by atoms with Gasteiger partial charge in [-0.2, -0.15) is 0 Å². The minimum absolute atomic E-state index is 0.0938. The van der Waals surface area contributed by atoms with Crippen LogP contribution in [-0.2, 0) is 4.79 Å². The normalized spacial score (nSPS) is 12.7. The summed E-state index contributed by atoms with van der Waals surface area (Å²) in [5.74, 6) is -0.795. The minimum atomic E-state index is -0.795. The predicted octanol–water partition coefficient (Wildman–Crippen LogP) is 3.82. The van der Waals surface area contributed by atoms with E-state index in [4.69, 9.17) is 16.7 Å². The lowest BCUT2D eigenvalue weighted by Gasteiger charge is -2.05. The fourth-order valence-corrected chi connectivity index (χ4v) is 1.72. The van der Waals surface area contributed by atoms with Gasteiger partial charge in [0.2, 0.25) is 0 Å². The third kappa shape index (κ3) is 9.85. The molecule has 84 valence electrons. The second-order valence-corrected chi connectivity index (χ2v) is 4.37. The smallest absolute Gasteiger partial charge is 0.304 e. The van der Waals surface area contributed by atoms with Crippen LogP contribution in [0.5, 0.6) is 0 Å². The predicted molar refractivity (Wildman–Crippen MR) is 59.9 cm³/mol. The number of hydrogen-bond acceptors (Lipinski definition) is 1. The maximum absolute atomic E-state index is 10.3. The zero-order chi connectivity index (χ0) is 10.8. The van der Waals surface area contributed by atoms with Crippen LogP contribution in [0.3, 0.4) is 0 Å². The lowest BCUT2D eigenvalue weighted by atomic mass is 10.1. The van der Waals surface area contributed by atoms with E-state index in [0.717, 1.165) is 12.8 Å². The van der Waals surface area contributed by atoms with Crippen molar-refractivity contribution in [3.63, 3.8) is 0 Å². The summed E-state index contributed by atoms with van der Waals surface area (Å²) < 4.78 is 0. The largest absolute Gasteiger partial charge is 0.481 e. The maximum atomic E-state index is 10.3. The fourth-order valence-electron chi connectivity index (χ4n) is 1.44. The summed E-state index contributed by atoms with van der Waals surface area (Å²) in [6.45, 7) is 2.20. The van der Waals surface area contributed by atoms with Gasteiger partial charge in [0.15, 0.2) is 0 Å². The van der Waals surface area contributed by atoms with Crippen LogP contribution in [0, 0.1) is 0 Å². The Labute approximate surface area is 91.6 Å². The van der Waals surface area contributed by atoms with Gasteiger partial charge in [0, 0.05) is 5.38 Å². The van der Waals surface area contributed by atoms with Crippen LogP contribution in [0.1, 0.15) is 58.3 Å². The standard InChI is InChI=1S/C11H21ClO2/c1-2-3-4-5-6-7-8-10(12)9-11(13)14/h10H,2-9H2,1H3,(H,13,14). The zero-order valence-corrected chi connectivity index (χ0v) is 9.72. The van der Waals surface area contributed by atoms with Crippen LogP contribution in [0.4, 0.5) is 0 Å². The number of unbranched alkanes of at least 4 members (excludes halogenated alkanes) is 5. The molecule has 0 aromatic heterocycles. The number of carboxylic acid groups (broad SMARTS) is 1. The first-order chi connectivity index (χ1) is 6.66. The molecule has 0 aliphatic carbocycles. The molecule has 0 aliphatic heterocycles. The van der Waals surface area contributed by atoms with Gasteiger partial charge in [-0.05, 0) is 6.42 Å². The van der Waals surface area contributed by atoms with Gasteiger partial charge in [-0.1, -0.05) is 45.4 Å². The van der Waals surface area contributed by atoms with Gasteiger partial charge in [-0.3, -0.25) is 4.79 Å². The molecular weight excluding hydrogens is 200 g/mol. The van der Waals surface area contributed by atoms with Gasteiger partial charge < -0.3 is 5.11 Å². The second kappa shape index (κ2) is 9.32. The van der Waals surface area contributed by atoms with Gasteiger partial charge in [0.25, 0.3) is 0 Å². The van der Waals surface area contributed by atoms with Gasteiger partial charge in [0.1, 0.15) is 0 Å². The van der Waals surface area contributed by atoms with Gasteiger partial charge in [-0.25, -0.2) is 0 Å². The molecule has 1 atom stereocenters. The number of halogens is 1. The van der Waals surface area contributed by atoms with Crippen LogP contribution < -0.4 is 0 Å². The molecule has 0 bridgehead atoms. The Morgan fingerprint density at radius 1 is 1.21 bits per heavy atom. The van der Waals surface area contributed by atoms with Crippen LogP contribution in [0.15, 0.2) is 0 Å². The Morgan fingerprint density at radius 3 is 2.36 bits per heavy atom. The van der Waals surface area contributed by atoms with Gasteiger partial charge >= 0.3 is 5.97 Å². The number of hydrogen-bond donors (Lipinski definition) is 1. The average molecular weight is 221 g/mol. The summed E-state index contributed by atoms with van der Waals surface area (Å²) in [4.78, 5) is 10.3. The number of carbonyl (C=O) groups is 1. The highest BCUT2D eigenvalue weighted by Crippen LogP contribution is 2.14. The van der Waals surface area contributed by atoms with Crippen molar-refractivity contribution in [1.29, 1.82) is 0 Å². The quantitative estimate of drug-likeness (QED) is 0.474. The zero-order valence-electron chi connectivity index (χ0n) is 8.97. The summed E-state index contributed by atoms with van der Waals surface area (Å²) in [5, 5.41) is 8.29. The third-order valence-electron chi connectivity index (χ3n) is 2.27. The molecule has 3 heteroatoms. The van der Waals surface area contributed by atoms with Gasteiger partial charge in [-0.15, -0.1) is 11.6 Å². The third-order valence-corrected chi connectivity index (χ3v) is 2.64. The van der Waals surface area contributed by atoms with E-state index in [1.165, 1.54) is 32.1 Å². The van der Waals surface area contributed by atoms with E-state index in [0.29, 0.717) is 0 Å². The Bertz CT molecular complexity index is 148. The van der Waals surface area contributed by atoms with E-state index < -0.39 is 5.97 Å². The maximum Gasteiger partial charge on any atom is 0.304 e. The molecule has 0 rings (SSSR count). The molecule has 0 heterocycles. The first kappa shape index (κ1) is 13.8. The van der Waals surface area contributed by atoms with E-state index in [9.17, 15) is 4.79 Å². The lowest BCUT2D eigenvalue weighted by molar-refractivity contribution is -0.137. The van der Waals surface area contributed by atoms with Crippen LogP contribution in [-0.4, -0.2) is 16.5 Å². The molecule has 0 radical (unpaired) electrons. The van der Waals surface area contributed by atoms with Gasteiger partial charge in [0.05, 0.1) is 6.42 Å². The summed E-state index contributed by atoms with van der Waals surface area (Å²) in [6.07, 6.45) is 8.29. The molecule has 0 aromatic carbocycles. The highest BCUT2D eigenvalue weighted by Gasteiger charge is 2.08. The molecule has 14 heavy (non-hydrogen) atoms. The average Bonchev–Trinajstić information content (AvgIpc) is 2.10. The number of carboxylic acids is 1. The molecule has 0 fully saturated rings. The number of rotatable bonds is 9. The Hall–Kier alpha value is -0.240. The number of aliphatic carboxylic acids is 1. The molecule has 1 N–H and O–H groups in total. The fraction of sp³-hybridized carbons (Fsp3) is 0.909. The Morgan fingerprint density at radius 2 is 1.79 bits per heavy atom. The second-order valence-electron chi connectivity index (χ2n) is 3.75. The van der Waals surface area contributed by atoms with Crippen molar-refractivity contribution in [2.45, 2.75) is 63.7 Å². The van der Waals surface area contributed by atoms with Crippen LogP contribution >= 0.6 is 11.6 Å². The monoisotopic (exact) mass is 220 g/mol. The topological polar surface area (TPSA) is 37.3 Å². The van der Waals surface area contributed by atoms with Crippen molar-refractivity contribution >= 4 is 17.6 Å². The molecule has 0 amide bonds. The van der Waals surface area contributed by atoms with Crippen molar-refractivity contribution in [2.24, 2.45) is 0 Å². The van der Waals surface area contributed by atoms with Crippen molar-refractivity contribution < 1.29 is 9.90 Å². The molecule has 0 aliphatic rings. The summed E-state index contributed by atoms with van der Waals surface area (Å²) in [7, 11) is 0. The molecular formula is C11H21ClO2. The highest BCUT2D eigenvalue weighted by molar-refractivity contribution is 6.21. The summed E-state index contributed by atoms with van der Waals surface area (Å²) in [5.41, 5.74) is 0. The Kier molecular flexibility index (Phi) is 9.16. The van der Waals surface area contributed by atoms with E-state index in [1.807, 2.05) is 0 Å². The SMILES string of the molecule is CCCCCCCCC(Cl)CC(=O)O. The van der Waals surface area contributed by atoms with E-state index in [1.54, 1.807) is 0 Å². The summed E-state index contributed by atoms with van der Waals surface area (Å²) in [6, 6.07) is 0.